The van der Waals surface area contributed by atoms with Crippen molar-refractivity contribution in [3.8, 4) is 5.75 Å². The van der Waals surface area contributed by atoms with E-state index in [9.17, 15) is 9.59 Å². The largest absolute Gasteiger partial charge is 0.494 e. The third-order valence-electron chi connectivity index (χ3n) is 2.76. The second-order valence-corrected chi connectivity index (χ2v) is 5.19. The van der Waals surface area contributed by atoms with E-state index in [2.05, 4.69) is 0 Å². The Labute approximate surface area is 135 Å². The molecule has 0 fully saturated rings. The van der Waals surface area contributed by atoms with E-state index < -0.39 is 0 Å². The molecule has 0 N–H and O–H groups in total. The molecule has 0 atom stereocenters. The van der Waals surface area contributed by atoms with E-state index in [-0.39, 0.29) is 17.7 Å². The molecule has 0 amide bonds. The van der Waals surface area contributed by atoms with Gasteiger partial charge < -0.3 is 14.2 Å². The fourth-order valence-electron chi connectivity index (χ4n) is 1.89. The van der Waals surface area contributed by atoms with E-state index in [0.717, 1.165) is 22.9 Å². The summed E-state index contributed by atoms with van der Waals surface area (Å²) >= 11 is 1.07. The van der Waals surface area contributed by atoms with Crippen LogP contribution in [0.5, 0.6) is 5.75 Å². The summed E-state index contributed by atoms with van der Waals surface area (Å²) in [5.74, 6) is 0.767. The molecule has 0 aliphatic heterocycles. The molecule has 22 heavy (non-hydrogen) atoms. The van der Waals surface area contributed by atoms with Gasteiger partial charge in [-0.1, -0.05) is 12.1 Å². The zero-order chi connectivity index (χ0) is 16.4. The van der Waals surface area contributed by atoms with Crippen LogP contribution in [0.2, 0.25) is 0 Å². The first kappa shape index (κ1) is 18.4. The van der Waals surface area contributed by atoms with Crippen LogP contribution in [0.1, 0.15) is 31.9 Å². The lowest BCUT2D eigenvalue weighted by molar-refractivity contribution is -0.142. The van der Waals surface area contributed by atoms with Gasteiger partial charge in [0.15, 0.2) is 0 Å². The summed E-state index contributed by atoms with van der Waals surface area (Å²) in [5.41, 5.74) is 1.64. The minimum Gasteiger partial charge on any atom is -0.494 e. The lowest BCUT2D eigenvalue weighted by Gasteiger charge is -2.14. The average molecular weight is 326 g/mol. The molecule has 0 radical (unpaired) electrons. The Kier molecular flexibility index (Phi) is 8.43. The van der Waals surface area contributed by atoms with Crippen molar-refractivity contribution >= 4 is 23.0 Å². The molecule has 1 rings (SSSR count). The highest BCUT2D eigenvalue weighted by molar-refractivity contribution is 8.12. The molecule has 5 nitrogen and oxygen atoms in total. The maximum Gasteiger partial charge on any atom is 0.367 e. The van der Waals surface area contributed by atoms with Gasteiger partial charge in [0.1, 0.15) is 5.75 Å². The van der Waals surface area contributed by atoms with Crippen molar-refractivity contribution in [2.45, 2.75) is 32.9 Å². The second kappa shape index (κ2) is 10.1. The Morgan fingerprint density at radius 1 is 1.05 bits per heavy atom. The Morgan fingerprint density at radius 2 is 1.77 bits per heavy atom. The highest BCUT2D eigenvalue weighted by Crippen LogP contribution is 2.27. The first-order valence-electron chi connectivity index (χ1n) is 7.31. The molecule has 0 bridgehead atoms. The van der Waals surface area contributed by atoms with Crippen molar-refractivity contribution in [2.75, 3.05) is 19.8 Å². The van der Waals surface area contributed by atoms with Crippen LogP contribution in [-0.2, 0) is 26.4 Å². The molecular weight excluding hydrogens is 304 g/mol. The lowest BCUT2D eigenvalue weighted by atomic mass is 10.0. The van der Waals surface area contributed by atoms with Gasteiger partial charge in [-0.05, 0) is 44.2 Å². The lowest BCUT2D eigenvalue weighted by Crippen LogP contribution is -2.11. The number of ether oxygens (including phenoxy) is 3. The standard InChI is InChI=1S/C16H22O5S/c1-4-19-14-9-7-8-12(11-22-16(18)21-6-3)13(14)10-15(17)20-5-2/h7-9H,4-6,10-11H2,1-3H3. The van der Waals surface area contributed by atoms with Crippen molar-refractivity contribution in [2.24, 2.45) is 0 Å². The predicted molar refractivity (Wildman–Crippen MR) is 86.3 cm³/mol. The highest BCUT2D eigenvalue weighted by Gasteiger charge is 2.16. The molecule has 0 aliphatic carbocycles. The Hall–Kier alpha value is -1.69. The molecule has 1 aromatic carbocycles. The first-order chi connectivity index (χ1) is 10.6. The molecule has 0 aliphatic rings. The Balaban J connectivity index is 2.91. The monoisotopic (exact) mass is 326 g/mol. The van der Waals surface area contributed by atoms with Gasteiger partial charge in [-0.25, -0.2) is 4.79 Å². The summed E-state index contributed by atoms with van der Waals surface area (Å²) in [6.07, 6.45) is 0.128. The molecule has 0 heterocycles. The molecule has 0 unspecified atom stereocenters. The molecule has 1 aromatic rings. The number of carbonyl (C=O) groups is 2. The third-order valence-corrected chi connectivity index (χ3v) is 3.57. The van der Waals surface area contributed by atoms with Gasteiger partial charge in [-0.3, -0.25) is 4.79 Å². The third kappa shape index (κ3) is 5.97. The molecule has 122 valence electrons. The molecule has 0 spiro atoms. The fraction of sp³-hybridized carbons (Fsp3) is 0.500. The topological polar surface area (TPSA) is 61.8 Å². The minimum absolute atomic E-state index is 0.128. The number of esters is 1. The number of thioether (sulfide) groups is 1. The smallest absolute Gasteiger partial charge is 0.367 e. The number of benzene rings is 1. The normalized spacial score (nSPS) is 10.1. The summed E-state index contributed by atoms with van der Waals surface area (Å²) in [4.78, 5) is 23.3. The quantitative estimate of drug-likeness (QED) is 0.681. The number of carbonyl (C=O) groups excluding carboxylic acids is 2. The summed E-state index contributed by atoms with van der Waals surface area (Å²) in [7, 11) is 0. The fourth-order valence-corrected chi connectivity index (χ4v) is 2.64. The van der Waals surface area contributed by atoms with E-state index in [0.29, 0.717) is 31.3 Å². The highest BCUT2D eigenvalue weighted by atomic mass is 32.2. The maximum atomic E-state index is 11.8. The first-order valence-corrected chi connectivity index (χ1v) is 8.29. The van der Waals surface area contributed by atoms with Gasteiger partial charge in [-0.15, -0.1) is 0 Å². The Morgan fingerprint density at radius 3 is 2.41 bits per heavy atom. The van der Waals surface area contributed by atoms with Crippen LogP contribution in [0.25, 0.3) is 0 Å². The molecule has 0 saturated carbocycles. The summed E-state index contributed by atoms with van der Waals surface area (Å²) in [5, 5.41) is -0.327. The van der Waals surface area contributed by atoms with E-state index >= 15 is 0 Å². The van der Waals surface area contributed by atoms with E-state index in [1.807, 2.05) is 25.1 Å². The predicted octanol–water partition coefficient (Wildman–Crippen LogP) is 3.58. The maximum absolute atomic E-state index is 11.8. The van der Waals surface area contributed by atoms with E-state index in [1.54, 1.807) is 13.8 Å². The van der Waals surface area contributed by atoms with Crippen molar-refractivity contribution in [1.29, 1.82) is 0 Å². The zero-order valence-corrected chi connectivity index (χ0v) is 14.0. The van der Waals surface area contributed by atoms with Crippen molar-refractivity contribution in [3.63, 3.8) is 0 Å². The van der Waals surface area contributed by atoms with Gasteiger partial charge in [0.25, 0.3) is 0 Å². The molecule has 0 saturated heterocycles. The van der Waals surface area contributed by atoms with Crippen molar-refractivity contribution in [3.05, 3.63) is 29.3 Å². The number of rotatable bonds is 8. The van der Waals surface area contributed by atoms with Crippen molar-refractivity contribution in [1.82, 2.24) is 0 Å². The van der Waals surface area contributed by atoms with Crippen LogP contribution in [0.15, 0.2) is 18.2 Å². The zero-order valence-electron chi connectivity index (χ0n) is 13.2. The molecule has 0 aromatic heterocycles. The van der Waals surface area contributed by atoms with Crippen LogP contribution < -0.4 is 4.74 Å². The van der Waals surface area contributed by atoms with Crippen LogP contribution in [0.4, 0.5) is 4.79 Å². The minimum atomic E-state index is -0.327. The molecule has 6 heteroatoms. The SMILES string of the molecule is CCOC(=O)Cc1c(CSC(=O)OCC)cccc1OCC. The van der Waals surface area contributed by atoms with Crippen molar-refractivity contribution < 1.29 is 23.8 Å². The van der Waals surface area contributed by atoms with E-state index in [1.165, 1.54) is 0 Å². The van der Waals surface area contributed by atoms with Gasteiger partial charge in [0.05, 0.1) is 26.2 Å². The summed E-state index contributed by atoms with van der Waals surface area (Å²) in [6.45, 7) is 6.60. The van der Waals surface area contributed by atoms with Crippen LogP contribution in [0, 0.1) is 0 Å². The van der Waals surface area contributed by atoms with Gasteiger partial charge >= 0.3 is 11.3 Å². The Bertz CT molecular complexity index is 501. The molecular formula is C16H22O5S. The van der Waals surface area contributed by atoms with Gasteiger partial charge in [-0.2, -0.15) is 0 Å². The summed E-state index contributed by atoms with van der Waals surface area (Å²) < 4.78 is 15.5. The van der Waals surface area contributed by atoms with E-state index in [4.69, 9.17) is 14.2 Å². The number of hydrogen-bond donors (Lipinski definition) is 0. The summed E-state index contributed by atoms with van der Waals surface area (Å²) in [6, 6.07) is 5.54. The average Bonchev–Trinajstić information content (AvgIpc) is 2.48. The van der Waals surface area contributed by atoms with Gasteiger partial charge in [0, 0.05) is 11.3 Å². The number of hydrogen-bond acceptors (Lipinski definition) is 6. The van der Waals surface area contributed by atoms with Crippen LogP contribution >= 0.6 is 11.8 Å². The second-order valence-electron chi connectivity index (χ2n) is 4.28. The van der Waals surface area contributed by atoms with Crippen LogP contribution in [0.3, 0.4) is 0 Å². The van der Waals surface area contributed by atoms with Gasteiger partial charge in [0.2, 0.25) is 0 Å². The van der Waals surface area contributed by atoms with Crippen LogP contribution in [-0.4, -0.2) is 31.1 Å².